The van der Waals surface area contributed by atoms with E-state index < -0.39 is 21.5 Å². The summed E-state index contributed by atoms with van der Waals surface area (Å²) in [6.45, 7) is 4.28. The van der Waals surface area contributed by atoms with E-state index in [-0.39, 0.29) is 57.8 Å². The fourth-order valence-electron chi connectivity index (χ4n) is 3.47. The second-order valence-electron chi connectivity index (χ2n) is 7.82. The summed E-state index contributed by atoms with van der Waals surface area (Å²) in [6, 6.07) is 0. The van der Waals surface area contributed by atoms with Gasteiger partial charge in [-0.1, -0.05) is 104 Å². The van der Waals surface area contributed by atoms with Crippen molar-refractivity contribution in [1.82, 2.24) is 0 Å². The molecule has 0 aliphatic carbocycles. The summed E-state index contributed by atoms with van der Waals surface area (Å²) < 4.78 is 34.1. The molecule has 0 saturated heterocycles. The van der Waals surface area contributed by atoms with Crippen molar-refractivity contribution >= 4 is 10.1 Å². The zero-order valence-electron chi connectivity index (χ0n) is 18.3. The van der Waals surface area contributed by atoms with Gasteiger partial charge in [-0.2, -0.15) is 0 Å². The number of hydrogen-bond acceptors (Lipinski definition) is 4. The van der Waals surface area contributed by atoms with Gasteiger partial charge in [-0.3, -0.25) is 0 Å². The molecule has 0 aliphatic heterocycles. The van der Waals surface area contributed by atoms with Crippen molar-refractivity contribution in [2.45, 2.75) is 134 Å². The predicted octanol–water partition coefficient (Wildman–Crippen LogP) is 2.94. The molecule has 0 bridgehead atoms. The Kier molecular flexibility index (Phi) is 23.6. The van der Waals surface area contributed by atoms with Crippen molar-refractivity contribution in [2.24, 2.45) is 0 Å². The van der Waals surface area contributed by atoms with Crippen LogP contribution in [0.15, 0.2) is 0 Å². The molecule has 0 aromatic rings. The van der Waals surface area contributed by atoms with Gasteiger partial charge in [0.1, 0.15) is 0 Å². The monoisotopic (exact) mass is 430 g/mol. The Balaban J connectivity index is 0. The van der Waals surface area contributed by atoms with Gasteiger partial charge in [-0.15, -0.1) is 0 Å². The molecule has 0 amide bonds. The molecule has 158 valence electrons. The molecule has 0 aliphatic rings. The SMILES string of the molecule is CCCCCCCCCCCCCC(O)CC(CCCCC)S(=O)(=O)[O-].[K+]. The molecule has 0 radical (unpaired) electrons. The molecule has 0 rings (SSSR count). The first-order valence-corrected chi connectivity index (χ1v) is 12.5. The van der Waals surface area contributed by atoms with Crippen molar-refractivity contribution in [3.63, 3.8) is 0 Å². The minimum atomic E-state index is -4.30. The summed E-state index contributed by atoms with van der Waals surface area (Å²) in [4.78, 5) is 0. The minimum Gasteiger partial charge on any atom is -0.748 e. The van der Waals surface area contributed by atoms with Gasteiger partial charge >= 0.3 is 51.4 Å². The standard InChI is InChI=1S/C21H44O4S.K/c1-3-5-7-8-9-10-11-12-13-14-16-17-20(22)19-21(26(23,24)25)18-15-6-4-2;/h20-22H,3-19H2,1-2H3,(H,23,24,25);/q;+1/p-1. The van der Waals surface area contributed by atoms with Crippen molar-refractivity contribution in [3.8, 4) is 0 Å². The molecule has 0 saturated carbocycles. The van der Waals surface area contributed by atoms with Gasteiger partial charge in [0.2, 0.25) is 0 Å². The van der Waals surface area contributed by atoms with Crippen molar-refractivity contribution in [1.29, 1.82) is 0 Å². The van der Waals surface area contributed by atoms with Crippen molar-refractivity contribution < 1.29 is 69.5 Å². The molecule has 0 fully saturated rings. The van der Waals surface area contributed by atoms with Gasteiger partial charge < -0.3 is 9.66 Å². The fraction of sp³-hybridized carbons (Fsp3) is 1.00. The van der Waals surface area contributed by atoms with E-state index in [2.05, 4.69) is 6.92 Å². The first-order valence-electron chi connectivity index (χ1n) is 11.0. The maximum Gasteiger partial charge on any atom is 1.00 e. The Morgan fingerprint density at radius 1 is 0.704 bits per heavy atom. The van der Waals surface area contributed by atoms with E-state index in [0.717, 1.165) is 32.1 Å². The summed E-state index contributed by atoms with van der Waals surface area (Å²) >= 11 is 0. The van der Waals surface area contributed by atoms with Crippen LogP contribution >= 0.6 is 0 Å². The molecule has 6 heteroatoms. The van der Waals surface area contributed by atoms with Crippen LogP contribution in [0.3, 0.4) is 0 Å². The fourth-order valence-corrected chi connectivity index (χ4v) is 4.38. The number of unbranched alkanes of at least 4 members (excludes halogenated alkanes) is 12. The van der Waals surface area contributed by atoms with Gasteiger partial charge in [-0.25, -0.2) is 8.42 Å². The zero-order chi connectivity index (χ0) is 19.7. The summed E-state index contributed by atoms with van der Waals surface area (Å²) in [7, 11) is -4.30. The average molecular weight is 431 g/mol. The van der Waals surface area contributed by atoms with Crippen LogP contribution in [0.25, 0.3) is 0 Å². The third-order valence-electron chi connectivity index (χ3n) is 5.21. The number of aliphatic hydroxyl groups excluding tert-OH is 1. The smallest absolute Gasteiger partial charge is 0.748 e. The van der Waals surface area contributed by atoms with Gasteiger partial charge in [0, 0.05) is 0 Å². The molecule has 27 heavy (non-hydrogen) atoms. The van der Waals surface area contributed by atoms with Crippen LogP contribution in [0.5, 0.6) is 0 Å². The van der Waals surface area contributed by atoms with Crippen LogP contribution < -0.4 is 51.4 Å². The molecule has 0 aromatic heterocycles. The molecule has 4 nitrogen and oxygen atoms in total. The third kappa shape index (κ3) is 20.6. The molecule has 2 unspecified atom stereocenters. The molecule has 2 atom stereocenters. The predicted molar refractivity (Wildman–Crippen MR) is 109 cm³/mol. The molecule has 0 heterocycles. The van der Waals surface area contributed by atoms with Gasteiger partial charge in [0.15, 0.2) is 0 Å². The minimum absolute atomic E-state index is 0. The first kappa shape index (κ1) is 30.7. The number of aliphatic hydroxyl groups is 1. The van der Waals surface area contributed by atoms with E-state index in [1.54, 1.807) is 0 Å². The van der Waals surface area contributed by atoms with E-state index >= 15 is 0 Å². The van der Waals surface area contributed by atoms with E-state index in [1.165, 1.54) is 57.8 Å². The first-order chi connectivity index (χ1) is 12.4. The molecule has 0 aromatic carbocycles. The van der Waals surface area contributed by atoms with Crippen LogP contribution in [-0.2, 0) is 10.1 Å². The summed E-state index contributed by atoms with van der Waals surface area (Å²) in [6.07, 6.45) is 16.9. The topological polar surface area (TPSA) is 77.4 Å². The largest absolute Gasteiger partial charge is 1.00 e. The van der Waals surface area contributed by atoms with Crippen LogP contribution in [0.2, 0.25) is 0 Å². The van der Waals surface area contributed by atoms with Crippen LogP contribution in [0, 0.1) is 0 Å². The molecular weight excluding hydrogens is 387 g/mol. The van der Waals surface area contributed by atoms with Gasteiger partial charge in [-0.05, 0) is 19.3 Å². The molecular formula is C21H43KO4S. The Bertz CT molecular complexity index is 401. The van der Waals surface area contributed by atoms with Gasteiger partial charge in [0.05, 0.1) is 21.5 Å². The van der Waals surface area contributed by atoms with E-state index in [1.807, 2.05) is 6.92 Å². The van der Waals surface area contributed by atoms with E-state index in [9.17, 15) is 18.1 Å². The Morgan fingerprint density at radius 3 is 1.52 bits per heavy atom. The zero-order valence-corrected chi connectivity index (χ0v) is 22.2. The van der Waals surface area contributed by atoms with Crippen molar-refractivity contribution in [3.05, 3.63) is 0 Å². The Morgan fingerprint density at radius 2 is 1.07 bits per heavy atom. The van der Waals surface area contributed by atoms with E-state index in [4.69, 9.17) is 0 Å². The quantitative estimate of drug-likeness (QED) is 0.194. The summed E-state index contributed by atoms with van der Waals surface area (Å²) in [5.41, 5.74) is 0. The second-order valence-corrected chi connectivity index (χ2v) is 9.48. The maximum absolute atomic E-state index is 11.4. The average Bonchev–Trinajstić information content (AvgIpc) is 2.58. The normalized spacial score (nSPS) is 13.9. The maximum atomic E-state index is 11.4. The van der Waals surface area contributed by atoms with Crippen LogP contribution in [0.4, 0.5) is 0 Å². The second kappa shape index (κ2) is 20.8. The Labute approximate surface area is 211 Å². The number of rotatable bonds is 19. The van der Waals surface area contributed by atoms with E-state index in [0.29, 0.717) is 12.8 Å². The summed E-state index contributed by atoms with van der Waals surface area (Å²) in [5.74, 6) is 0. The molecule has 1 N–H and O–H groups in total. The van der Waals surface area contributed by atoms with Crippen molar-refractivity contribution in [2.75, 3.05) is 0 Å². The Hall–Kier alpha value is 1.51. The third-order valence-corrected chi connectivity index (χ3v) is 6.46. The molecule has 0 spiro atoms. The van der Waals surface area contributed by atoms with Gasteiger partial charge in [0.25, 0.3) is 0 Å². The van der Waals surface area contributed by atoms with Crippen LogP contribution in [0.1, 0.15) is 123 Å². The van der Waals surface area contributed by atoms with Crippen LogP contribution in [-0.4, -0.2) is 29.4 Å². The summed E-state index contributed by atoms with van der Waals surface area (Å²) in [5, 5.41) is 9.16. The number of hydrogen-bond donors (Lipinski definition) is 1.